The maximum absolute atomic E-state index is 12.7. The number of amides is 1. The van der Waals surface area contributed by atoms with Crippen LogP contribution in [-0.4, -0.2) is 40.9 Å². The summed E-state index contributed by atoms with van der Waals surface area (Å²) >= 11 is 6.84. The maximum Gasteiger partial charge on any atom is 0.410 e. The zero-order chi connectivity index (χ0) is 25.1. The average Bonchev–Trinajstić information content (AvgIpc) is 3.06. The van der Waals surface area contributed by atoms with E-state index in [1.54, 1.807) is 4.90 Å². The lowest BCUT2D eigenvalue weighted by atomic mass is 9.74. The largest absolute Gasteiger partial charge is 0.444 e. The van der Waals surface area contributed by atoms with E-state index in [9.17, 15) is 4.79 Å². The van der Waals surface area contributed by atoms with Crippen molar-refractivity contribution in [2.75, 3.05) is 13.1 Å². The fourth-order valence-corrected chi connectivity index (χ4v) is 4.94. The molecule has 1 fully saturated rings. The molecule has 5 nitrogen and oxygen atoms in total. The quantitative estimate of drug-likeness (QED) is 0.392. The minimum absolute atomic E-state index is 0.101. The molecule has 2 aromatic carbocycles. The third-order valence-electron chi connectivity index (χ3n) is 6.59. The minimum Gasteiger partial charge on any atom is -0.444 e. The van der Waals surface area contributed by atoms with Crippen LogP contribution in [0, 0.1) is 5.92 Å². The zero-order valence-electron chi connectivity index (χ0n) is 20.9. The van der Waals surface area contributed by atoms with Gasteiger partial charge in [0.05, 0.1) is 11.3 Å². The molecule has 0 saturated carbocycles. The van der Waals surface area contributed by atoms with Gasteiger partial charge in [-0.05, 0) is 46.6 Å². The van der Waals surface area contributed by atoms with E-state index in [0.29, 0.717) is 18.1 Å². The smallest absolute Gasteiger partial charge is 0.410 e. The lowest BCUT2D eigenvalue weighted by Gasteiger charge is -2.40. The Hall–Kier alpha value is -3.05. The normalized spacial score (nSPS) is 22.2. The van der Waals surface area contributed by atoms with Gasteiger partial charge in [0.2, 0.25) is 0 Å². The Labute approximate surface area is 213 Å². The van der Waals surface area contributed by atoms with Crippen LogP contribution in [0.25, 0.3) is 0 Å². The number of ether oxygens (including phenoxy) is 1. The van der Waals surface area contributed by atoms with Crippen LogP contribution in [0.2, 0.25) is 0 Å². The van der Waals surface area contributed by atoms with E-state index in [4.69, 9.17) is 21.4 Å². The zero-order valence-corrected chi connectivity index (χ0v) is 21.7. The molecule has 184 valence electrons. The van der Waals surface area contributed by atoms with Crippen molar-refractivity contribution >= 4 is 23.4 Å². The van der Waals surface area contributed by atoms with Gasteiger partial charge in [-0.25, -0.2) is 4.79 Å². The summed E-state index contributed by atoms with van der Waals surface area (Å²) in [5.41, 5.74) is 6.54. The number of hydrogen-bond donors (Lipinski definition) is 1. The molecule has 1 amide bonds. The molecule has 1 N–H and O–H groups in total. The Balaban J connectivity index is 1.61. The number of halogens is 1. The van der Waals surface area contributed by atoms with Gasteiger partial charge in [-0.1, -0.05) is 83.9 Å². The van der Waals surface area contributed by atoms with Crippen LogP contribution < -0.4 is 5.43 Å². The fraction of sp³-hybridized carbons (Fsp3) is 0.379. The molecule has 2 aliphatic rings. The van der Waals surface area contributed by atoms with E-state index >= 15 is 0 Å². The second-order valence-electron chi connectivity index (χ2n) is 10.3. The first kappa shape index (κ1) is 25.1. The fourth-order valence-electron chi connectivity index (χ4n) is 4.70. The molecule has 1 saturated heterocycles. The topological polar surface area (TPSA) is 53.9 Å². The Morgan fingerprint density at radius 1 is 1.03 bits per heavy atom. The molecule has 0 radical (unpaired) electrons. The van der Waals surface area contributed by atoms with Crippen molar-refractivity contribution in [2.24, 2.45) is 11.0 Å². The molecule has 1 aliphatic heterocycles. The van der Waals surface area contributed by atoms with Gasteiger partial charge in [0.25, 0.3) is 0 Å². The molecule has 4 rings (SSSR count). The van der Waals surface area contributed by atoms with Crippen LogP contribution in [0.15, 0.2) is 88.5 Å². The summed E-state index contributed by atoms with van der Waals surface area (Å²) in [5.74, 6) is 0.101. The Morgan fingerprint density at radius 3 is 2.20 bits per heavy atom. The molecule has 1 heterocycles. The first-order valence-electron chi connectivity index (χ1n) is 12.2. The Morgan fingerprint density at radius 2 is 1.63 bits per heavy atom. The number of nitrogens with zero attached hydrogens (tertiary/aromatic N) is 2. The number of benzene rings is 2. The van der Waals surface area contributed by atoms with Crippen molar-refractivity contribution in [2.45, 2.75) is 51.7 Å². The molecular formula is C29H34ClN3O2. The molecule has 1 aliphatic carbocycles. The van der Waals surface area contributed by atoms with Crippen LogP contribution in [0.1, 0.15) is 51.7 Å². The van der Waals surface area contributed by atoms with Crippen molar-refractivity contribution < 1.29 is 9.53 Å². The predicted molar refractivity (Wildman–Crippen MR) is 143 cm³/mol. The van der Waals surface area contributed by atoms with E-state index in [1.165, 1.54) is 5.57 Å². The second-order valence-corrected chi connectivity index (χ2v) is 10.7. The summed E-state index contributed by atoms with van der Waals surface area (Å²) in [4.78, 5) is 14.5. The van der Waals surface area contributed by atoms with Crippen molar-refractivity contribution in [3.8, 4) is 0 Å². The van der Waals surface area contributed by atoms with Crippen LogP contribution >= 0.6 is 11.6 Å². The number of carbonyl (C=O) groups is 1. The van der Waals surface area contributed by atoms with Gasteiger partial charge in [0, 0.05) is 35.2 Å². The summed E-state index contributed by atoms with van der Waals surface area (Å²) in [6, 6.07) is 20.3. The summed E-state index contributed by atoms with van der Waals surface area (Å²) < 4.78 is 5.63. The first-order valence-corrected chi connectivity index (χ1v) is 12.6. The molecule has 0 spiro atoms. The van der Waals surface area contributed by atoms with Crippen molar-refractivity contribution in [1.82, 2.24) is 10.3 Å². The Kier molecular flexibility index (Phi) is 7.36. The highest BCUT2D eigenvalue weighted by Gasteiger charge is 2.43. The van der Waals surface area contributed by atoms with E-state index in [2.05, 4.69) is 42.7 Å². The number of allylic oxidation sites excluding steroid dienone is 2. The SMILES string of the molecule is CC(C)(C)OC(=O)N1CCC2=CC=C(Cl)C(C)(NN=C(c3ccccc3)c3ccccc3)C2CC1. The van der Waals surface area contributed by atoms with E-state index in [0.717, 1.165) is 29.7 Å². The van der Waals surface area contributed by atoms with Crippen molar-refractivity contribution in [3.05, 3.63) is 94.5 Å². The number of hydrogen-bond acceptors (Lipinski definition) is 4. The highest BCUT2D eigenvalue weighted by molar-refractivity contribution is 6.31. The van der Waals surface area contributed by atoms with Gasteiger partial charge >= 0.3 is 6.09 Å². The van der Waals surface area contributed by atoms with Gasteiger partial charge in [0.15, 0.2) is 0 Å². The summed E-state index contributed by atoms with van der Waals surface area (Å²) in [6.07, 6.45) is 5.34. The third-order valence-corrected chi connectivity index (χ3v) is 7.11. The van der Waals surface area contributed by atoms with Crippen LogP contribution in [0.4, 0.5) is 4.79 Å². The summed E-state index contributed by atoms with van der Waals surface area (Å²) in [7, 11) is 0. The number of likely N-dealkylation sites (tertiary alicyclic amines) is 1. The summed E-state index contributed by atoms with van der Waals surface area (Å²) in [5, 5.41) is 5.65. The molecule has 35 heavy (non-hydrogen) atoms. The van der Waals surface area contributed by atoms with E-state index in [-0.39, 0.29) is 12.0 Å². The third kappa shape index (κ3) is 5.79. The van der Waals surface area contributed by atoms with Crippen LogP contribution in [0.5, 0.6) is 0 Å². The molecule has 6 heteroatoms. The Bertz CT molecular complexity index is 1090. The number of hydrazone groups is 1. The molecule has 2 atom stereocenters. The lowest BCUT2D eigenvalue weighted by Crippen LogP contribution is -2.49. The second kappa shape index (κ2) is 10.3. The highest BCUT2D eigenvalue weighted by Crippen LogP contribution is 2.42. The standard InChI is InChI=1S/C29H34ClN3O2/c1-28(2,3)35-27(34)33-19-17-21-15-16-25(30)29(4,24(21)18-20-33)32-31-26(22-11-7-5-8-12-22)23-13-9-6-10-14-23/h5-16,24,32H,17-20H2,1-4H3. The number of nitrogens with one attached hydrogen (secondary N) is 1. The molecule has 0 aromatic heterocycles. The lowest BCUT2D eigenvalue weighted by molar-refractivity contribution is 0.0253. The number of carbonyl (C=O) groups excluding carboxylic acids is 1. The van der Waals surface area contributed by atoms with Gasteiger partial charge in [-0.2, -0.15) is 5.10 Å². The van der Waals surface area contributed by atoms with Crippen LogP contribution in [0.3, 0.4) is 0 Å². The van der Waals surface area contributed by atoms with E-state index < -0.39 is 11.1 Å². The molecule has 2 unspecified atom stereocenters. The van der Waals surface area contributed by atoms with Gasteiger partial charge in [0.1, 0.15) is 5.60 Å². The van der Waals surface area contributed by atoms with Gasteiger partial charge in [-0.15, -0.1) is 0 Å². The molecular weight excluding hydrogens is 458 g/mol. The molecule has 2 aromatic rings. The summed E-state index contributed by atoms with van der Waals surface area (Å²) in [6.45, 7) is 9.01. The number of fused-ring (bicyclic) bond motifs is 1. The van der Waals surface area contributed by atoms with Gasteiger partial charge < -0.3 is 9.64 Å². The maximum atomic E-state index is 12.7. The van der Waals surface area contributed by atoms with Crippen molar-refractivity contribution in [3.63, 3.8) is 0 Å². The van der Waals surface area contributed by atoms with Crippen molar-refractivity contribution in [1.29, 1.82) is 0 Å². The average molecular weight is 492 g/mol. The molecule has 0 bridgehead atoms. The highest BCUT2D eigenvalue weighted by atomic mass is 35.5. The first-order chi connectivity index (χ1) is 16.7. The monoisotopic (exact) mass is 491 g/mol. The minimum atomic E-state index is -0.593. The number of rotatable bonds is 4. The van der Waals surface area contributed by atoms with E-state index in [1.807, 2.05) is 63.2 Å². The van der Waals surface area contributed by atoms with Gasteiger partial charge in [-0.3, -0.25) is 5.43 Å². The predicted octanol–water partition coefficient (Wildman–Crippen LogP) is 6.50. The van der Waals surface area contributed by atoms with Crippen LogP contribution in [-0.2, 0) is 4.74 Å².